The van der Waals surface area contributed by atoms with Crippen LogP contribution in [0.1, 0.15) is 15.9 Å². The number of hydrogen-bond acceptors (Lipinski definition) is 6. The van der Waals surface area contributed by atoms with Gasteiger partial charge in [-0.1, -0.05) is 18.2 Å². The summed E-state index contributed by atoms with van der Waals surface area (Å²) < 4.78 is 32.1. The Balaban J connectivity index is 2.12. The van der Waals surface area contributed by atoms with E-state index in [1.54, 1.807) is 23.5 Å². The Morgan fingerprint density at radius 2 is 1.78 bits per heavy atom. The highest BCUT2D eigenvalue weighted by Crippen LogP contribution is 2.18. The van der Waals surface area contributed by atoms with Gasteiger partial charge in [-0.2, -0.15) is 0 Å². The average molecular weight is 391 g/mol. The van der Waals surface area contributed by atoms with E-state index in [1.165, 1.54) is 18.2 Å². The van der Waals surface area contributed by atoms with E-state index in [2.05, 4.69) is 4.72 Å². The molecule has 27 heavy (non-hydrogen) atoms. The number of sulfonamides is 1. The third-order valence-corrected chi connectivity index (χ3v) is 4.63. The summed E-state index contributed by atoms with van der Waals surface area (Å²) in [5.74, 6) is -1.83. The van der Waals surface area contributed by atoms with Crippen molar-refractivity contribution in [1.29, 1.82) is 0 Å². The molecular formula is C17H17N3O6S. The number of ether oxygens (including phenoxy) is 1. The van der Waals surface area contributed by atoms with Gasteiger partial charge >= 0.3 is 12.0 Å². The molecule has 0 atom stereocenters. The van der Waals surface area contributed by atoms with Crippen molar-refractivity contribution in [3.05, 3.63) is 59.7 Å². The van der Waals surface area contributed by atoms with Gasteiger partial charge in [-0.25, -0.2) is 18.0 Å². The number of nitrogens with one attached hydrogen (secondary N) is 2. The number of carbonyl (C=O) groups is 3. The van der Waals surface area contributed by atoms with Crippen molar-refractivity contribution in [3.8, 4) is 0 Å². The molecule has 142 valence electrons. The second-order valence-corrected chi connectivity index (χ2v) is 7.17. The highest BCUT2D eigenvalue weighted by Gasteiger charge is 2.18. The first-order valence-corrected chi connectivity index (χ1v) is 9.11. The van der Waals surface area contributed by atoms with E-state index < -0.39 is 34.5 Å². The number of hydrogen-bond donors (Lipinski definition) is 3. The fourth-order valence-corrected chi connectivity index (χ4v) is 3.20. The minimum Gasteiger partial charge on any atom is -0.452 e. The van der Waals surface area contributed by atoms with E-state index in [1.807, 2.05) is 13.0 Å². The Hall–Kier alpha value is -3.40. The van der Waals surface area contributed by atoms with Crippen LogP contribution < -0.4 is 15.8 Å². The van der Waals surface area contributed by atoms with Gasteiger partial charge in [0, 0.05) is 5.69 Å². The topological polar surface area (TPSA) is 145 Å². The van der Waals surface area contributed by atoms with Crippen LogP contribution in [0.3, 0.4) is 0 Å². The van der Waals surface area contributed by atoms with Gasteiger partial charge in [-0.3, -0.25) is 14.8 Å². The van der Waals surface area contributed by atoms with Crippen molar-refractivity contribution in [2.45, 2.75) is 11.8 Å². The van der Waals surface area contributed by atoms with Crippen LogP contribution in [0.5, 0.6) is 0 Å². The number of carbonyl (C=O) groups excluding carboxylic acids is 3. The number of esters is 1. The number of benzene rings is 2. The standard InChI is InChI=1S/C17H17N3O6S/c1-11-4-2-6-13(8-11)20-27(24,25)14-7-3-5-12(9-14)16(22)26-10-15(21)19-17(18)23/h2-9,20H,10H2,1H3,(H3,18,19,21,23). The van der Waals surface area contributed by atoms with Gasteiger partial charge in [-0.05, 0) is 42.8 Å². The smallest absolute Gasteiger partial charge is 0.338 e. The fourth-order valence-electron chi connectivity index (χ4n) is 2.10. The summed E-state index contributed by atoms with van der Waals surface area (Å²) in [5, 5.41) is 1.73. The Kier molecular flexibility index (Phi) is 6.14. The molecule has 0 unspecified atom stereocenters. The predicted octanol–water partition coefficient (Wildman–Crippen LogP) is 1.15. The van der Waals surface area contributed by atoms with Crippen molar-refractivity contribution in [1.82, 2.24) is 5.32 Å². The number of amides is 3. The molecule has 0 fully saturated rings. The Morgan fingerprint density at radius 1 is 1.07 bits per heavy atom. The number of imide groups is 1. The quantitative estimate of drug-likeness (QED) is 0.630. The summed E-state index contributed by atoms with van der Waals surface area (Å²) in [4.78, 5) is 33.6. The molecule has 0 aliphatic rings. The molecule has 0 aromatic heterocycles. The lowest BCUT2D eigenvalue weighted by Crippen LogP contribution is -2.37. The van der Waals surface area contributed by atoms with E-state index in [4.69, 9.17) is 10.5 Å². The van der Waals surface area contributed by atoms with Crippen molar-refractivity contribution in [2.24, 2.45) is 5.73 Å². The van der Waals surface area contributed by atoms with Gasteiger partial charge in [0.05, 0.1) is 10.5 Å². The third-order valence-electron chi connectivity index (χ3n) is 3.25. The Bertz CT molecular complexity index is 988. The summed E-state index contributed by atoms with van der Waals surface area (Å²) in [6.45, 7) is 1.09. The molecule has 4 N–H and O–H groups in total. The highest BCUT2D eigenvalue weighted by molar-refractivity contribution is 7.92. The fraction of sp³-hybridized carbons (Fsp3) is 0.118. The predicted molar refractivity (Wildman–Crippen MR) is 96.4 cm³/mol. The monoisotopic (exact) mass is 391 g/mol. The van der Waals surface area contributed by atoms with Crippen molar-refractivity contribution < 1.29 is 27.5 Å². The van der Waals surface area contributed by atoms with Gasteiger partial charge in [0.25, 0.3) is 15.9 Å². The average Bonchev–Trinajstić information content (AvgIpc) is 2.59. The summed E-state index contributed by atoms with van der Waals surface area (Å²) in [6.07, 6.45) is 0. The normalized spacial score (nSPS) is 10.7. The molecule has 2 aromatic carbocycles. The molecule has 0 heterocycles. The number of aryl methyl sites for hydroxylation is 1. The van der Waals surface area contributed by atoms with Gasteiger partial charge in [0.2, 0.25) is 0 Å². The molecular weight excluding hydrogens is 374 g/mol. The van der Waals surface area contributed by atoms with Crippen LogP contribution in [-0.4, -0.2) is 32.9 Å². The largest absolute Gasteiger partial charge is 0.452 e. The van der Waals surface area contributed by atoms with Crippen LogP contribution in [0.25, 0.3) is 0 Å². The zero-order valence-corrected chi connectivity index (χ0v) is 15.1. The SMILES string of the molecule is Cc1cccc(NS(=O)(=O)c2cccc(C(=O)OCC(=O)NC(N)=O)c2)c1. The lowest BCUT2D eigenvalue weighted by Gasteiger charge is -2.10. The summed E-state index contributed by atoms with van der Waals surface area (Å²) >= 11 is 0. The van der Waals surface area contributed by atoms with E-state index in [-0.39, 0.29) is 10.5 Å². The minimum absolute atomic E-state index is 0.0750. The molecule has 0 bridgehead atoms. The molecule has 2 aromatic rings. The highest BCUT2D eigenvalue weighted by atomic mass is 32.2. The van der Waals surface area contributed by atoms with E-state index in [0.717, 1.165) is 11.6 Å². The molecule has 0 spiro atoms. The lowest BCUT2D eigenvalue weighted by molar-refractivity contribution is -0.123. The molecule has 0 radical (unpaired) electrons. The van der Waals surface area contributed by atoms with Crippen LogP contribution in [0.4, 0.5) is 10.5 Å². The number of anilines is 1. The summed E-state index contributed by atoms with van der Waals surface area (Å²) in [7, 11) is -3.93. The lowest BCUT2D eigenvalue weighted by atomic mass is 10.2. The van der Waals surface area contributed by atoms with Crippen LogP contribution in [0.2, 0.25) is 0 Å². The first-order chi connectivity index (χ1) is 12.7. The molecule has 3 amide bonds. The maximum atomic E-state index is 12.5. The van der Waals surface area contributed by atoms with Crippen LogP contribution >= 0.6 is 0 Å². The Labute approximate surface area is 155 Å². The molecule has 0 saturated heterocycles. The zero-order valence-electron chi connectivity index (χ0n) is 14.3. The number of rotatable bonds is 6. The van der Waals surface area contributed by atoms with Crippen molar-refractivity contribution in [2.75, 3.05) is 11.3 Å². The van der Waals surface area contributed by atoms with Gasteiger partial charge in [0.15, 0.2) is 6.61 Å². The van der Waals surface area contributed by atoms with E-state index in [0.29, 0.717) is 5.69 Å². The van der Waals surface area contributed by atoms with Crippen molar-refractivity contribution in [3.63, 3.8) is 0 Å². The molecule has 0 aliphatic carbocycles. The molecule has 2 rings (SSSR count). The number of urea groups is 1. The van der Waals surface area contributed by atoms with Gasteiger partial charge in [0.1, 0.15) is 0 Å². The van der Waals surface area contributed by atoms with Crippen LogP contribution in [0, 0.1) is 6.92 Å². The molecule has 10 heteroatoms. The first kappa shape index (κ1) is 19.9. The molecule has 0 saturated carbocycles. The van der Waals surface area contributed by atoms with Crippen molar-refractivity contribution >= 4 is 33.6 Å². The molecule has 9 nitrogen and oxygen atoms in total. The minimum atomic E-state index is -3.93. The van der Waals surface area contributed by atoms with Crippen LogP contribution in [-0.2, 0) is 19.6 Å². The maximum Gasteiger partial charge on any atom is 0.338 e. The Morgan fingerprint density at radius 3 is 2.44 bits per heavy atom. The zero-order chi connectivity index (χ0) is 20.0. The second kappa shape index (κ2) is 8.32. The van der Waals surface area contributed by atoms with E-state index in [9.17, 15) is 22.8 Å². The number of nitrogens with two attached hydrogens (primary N) is 1. The maximum absolute atomic E-state index is 12.5. The summed E-state index contributed by atoms with van der Waals surface area (Å²) in [5.41, 5.74) is 5.95. The summed E-state index contributed by atoms with van der Waals surface area (Å²) in [6, 6.07) is 10.8. The third kappa shape index (κ3) is 5.82. The molecule has 0 aliphatic heterocycles. The van der Waals surface area contributed by atoms with Crippen LogP contribution in [0.15, 0.2) is 53.4 Å². The van der Waals surface area contributed by atoms with Gasteiger partial charge in [-0.15, -0.1) is 0 Å². The first-order valence-electron chi connectivity index (χ1n) is 7.63. The second-order valence-electron chi connectivity index (χ2n) is 5.49. The number of primary amides is 1. The van der Waals surface area contributed by atoms with Gasteiger partial charge < -0.3 is 10.5 Å². The van der Waals surface area contributed by atoms with E-state index >= 15 is 0 Å².